The Morgan fingerprint density at radius 1 is 1.00 bits per heavy atom. The maximum atomic E-state index is 8.86. The summed E-state index contributed by atoms with van der Waals surface area (Å²) in [4.78, 5) is 0. The molecule has 0 bridgehead atoms. The zero-order valence-electron chi connectivity index (χ0n) is 15.1. The monoisotopic (exact) mass is 369 g/mol. The number of rotatable bonds is 7. The number of hydrazone groups is 1. The standard InChI is InChI=1S/C22H19N5O/c23-14-21(22(24)25)27-26-19-11-9-17(10-12-19)18-7-4-8-20(13-18)28-15-16-5-2-1-3-6-16/h1-13,26H,15H2,(H3,24,25)/b27-21+. The van der Waals surface area contributed by atoms with Gasteiger partial charge < -0.3 is 10.5 Å². The average molecular weight is 369 g/mol. The first-order valence-corrected chi connectivity index (χ1v) is 8.61. The highest BCUT2D eigenvalue weighted by molar-refractivity contribution is 6.45. The fraction of sp³-hybridized carbons (Fsp3) is 0.0455. The van der Waals surface area contributed by atoms with Gasteiger partial charge in [-0.05, 0) is 41.0 Å². The smallest absolute Gasteiger partial charge is 0.201 e. The molecule has 0 fully saturated rings. The van der Waals surface area contributed by atoms with E-state index in [1.165, 1.54) is 0 Å². The highest BCUT2D eigenvalue weighted by Gasteiger charge is 2.03. The third kappa shape index (κ3) is 4.96. The first-order chi connectivity index (χ1) is 13.7. The van der Waals surface area contributed by atoms with Crippen molar-refractivity contribution in [2.75, 3.05) is 5.43 Å². The second-order valence-corrected chi connectivity index (χ2v) is 5.98. The first-order valence-electron chi connectivity index (χ1n) is 8.61. The van der Waals surface area contributed by atoms with Crippen LogP contribution in [0.4, 0.5) is 5.69 Å². The Labute approximate surface area is 163 Å². The summed E-state index contributed by atoms with van der Waals surface area (Å²) >= 11 is 0. The van der Waals surface area contributed by atoms with Crippen molar-refractivity contribution in [3.05, 3.63) is 84.4 Å². The molecule has 0 aliphatic rings. The van der Waals surface area contributed by atoms with Crippen LogP contribution in [0.1, 0.15) is 5.56 Å². The van der Waals surface area contributed by atoms with Gasteiger partial charge in [-0.1, -0.05) is 54.6 Å². The third-order valence-electron chi connectivity index (χ3n) is 3.96. The van der Waals surface area contributed by atoms with Gasteiger partial charge in [-0.3, -0.25) is 10.8 Å². The van der Waals surface area contributed by atoms with Crippen LogP contribution in [0.25, 0.3) is 11.1 Å². The lowest BCUT2D eigenvalue weighted by atomic mass is 10.1. The van der Waals surface area contributed by atoms with Crippen LogP contribution in [-0.4, -0.2) is 11.5 Å². The van der Waals surface area contributed by atoms with Gasteiger partial charge in [-0.15, -0.1) is 0 Å². The molecule has 3 aromatic rings. The predicted molar refractivity (Wildman–Crippen MR) is 111 cm³/mol. The summed E-state index contributed by atoms with van der Waals surface area (Å²) in [5, 5.41) is 19.9. The molecule has 0 spiro atoms. The molecular weight excluding hydrogens is 350 g/mol. The quantitative estimate of drug-likeness (QED) is 0.330. The fourth-order valence-electron chi connectivity index (χ4n) is 2.51. The number of hydrogen-bond donors (Lipinski definition) is 3. The number of nitrogens with two attached hydrogens (primary N) is 1. The van der Waals surface area contributed by atoms with Gasteiger partial charge in [-0.2, -0.15) is 10.4 Å². The molecule has 0 saturated heterocycles. The molecule has 3 rings (SSSR count). The molecule has 0 aliphatic heterocycles. The van der Waals surface area contributed by atoms with E-state index in [0.29, 0.717) is 12.3 Å². The van der Waals surface area contributed by atoms with E-state index in [-0.39, 0.29) is 11.5 Å². The molecule has 6 nitrogen and oxygen atoms in total. The second kappa shape index (κ2) is 9.01. The van der Waals surface area contributed by atoms with Crippen molar-refractivity contribution in [3.63, 3.8) is 0 Å². The zero-order chi connectivity index (χ0) is 19.8. The number of benzene rings is 3. The Bertz CT molecular complexity index is 1020. The largest absolute Gasteiger partial charge is 0.489 e. The molecule has 0 atom stereocenters. The molecular formula is C22H19N5O. The van der Waals surface area contributed by atoms with Gasteiger partial charge in [0.15, 0.2) is 5.84 Å². The highest BCUT2D eigenvalue weighted by Crippen LogP contribution is 2.25. The molecule has 0 unspecified atom stereocenters. The van der Waals surface area contributed by atoms with E-state index in [2.05, 4.69) is 10.5 Å². The Hall–Kier alpha value is -4.11. The van der Waals surface area contributed by atoms with E-state index in [1.54, 1.807) is 6.07 Å². The topological polar surface area (TPSA) is 107 Å². The van der Waals surface area contributed by atoms with Crippen LogP contribution in [0.2, 0.25) is 0 Å². The summed E-state index contributed by atoms with van der Waals surface area (Å²) < 4.78 is 5.88. The maximum Gasteiger partial charge on any atom is 0.201 e. The summed E-state index contributed by atoms with van der Waals surface area (Å²) in [6.07, 6.45) is 0. The minimum absolute atomic E-state index is 0.160. The average Bonchev–Trinajstić information content (AvgIpc) is 2.74. The van der Waals surface area contributed by atoms with Crippen LogP contribution >= 0.6 is 0 Å². The van der Waals surface area contributed by atoms with Crippen LogP contribution in [0.15, 0.2) is 84.0 Å². The summed E-state index contributed by atoms with van der Waals surface area (Å²) in [6.45, 7) is 0.516. The van der Waals surface area contributed by atoms with Gasteiger partial charge in [0.25, 0.3) is 0 Å². The van der Waals surface area contributed by atoms with Crippen molar-refractivity contribution in [2.45, 2.75) is 6.61 Å². The molecule has 28 heavy (non-hydrogen) atoms. The van der Waals surface area contributed by atoms with Gasteiger partial charge in [0.05, 0.1) is 5.69 Å². The maximum absolute atomic E-state index is 8.86. The van der Waals surface area contributed by atoms with Crippen LogP contribution in [0.3, 0.4) is 0 Å². The highest BCUT2D eigenvalue weighted by atomic mass is 16.5. The molecule has 0 saturated carbocycles. The molecule has 4 N–H and O–H groups in total. The number of amidine groups is 1. The molecule has 6 heteroatoms. The van der Waals surface area contributed by atoms with Crippen molar-refractivity contribution in [2.24, 2.45) is 10.8 Å². The number of ether oxygens (including phenoxy) is 1. The lowest BCUT2D eigenvalue weighted by Gasteiger charge is -2.09. The minimum Gasteiger partial charge on any atom is -0.489 e. The van der Waals surface area contributed by atoms with Crippen LogP contribution in [-0.2, 0) is 6.61 Å². The van der Waals surface area contributed by atoms with Gasteiger partial charge in [0.1, 0.15) is 18.4 Å². The van der Waals surface area contributed by atoms with E-state index in [1.807, 2.05) is 78.9 Å². The van der Waals surface area contributed by atoms with E-state index >= 15 is 0 Å². The van der Waals surface area contributed by atoms with Crippen molar-refractivity contribution in [1.82, 2.24) is 0 Å². The molecule has 0 radical (unpaired) electrons. The number of nitrogens with zero attached hydrogens (tertiary/aromatic N) is 2. The fourth-order valence-corrected chi connectivity index (χ4v) is 2.51. The Balaban J connectivity index is 1.68. The Morgan fingerprint density at radius 2 is 1.75 bits per heavy atom. The van der Waals surface area contributed by atoms with Gasteiger partial charge in [0.2, 0.25) is 5.71 Å². The van der Waals surface area contributed by atoms with Crippen LogP contribution in [0, 0.1) is 16.7 Å². The molecule has 0 aromatic heterocycles. The summed E-state index contributed by atoms with van der Waals surface area (Å²) in [5.74, 6) is 0.423. The lowest BCUT2D eigenvalue weighted by Crippen LogP contribution is -2.21. The Morgan fingerprint density at radius 3 is 2.43 bits per heavy atom. The normalized spacial score (nSPS) is 10.8. The lowest BCUT2D eigenvalue weighted by molar-refractivity contribution is 0.306. The van der Waals surface area contributed by atoms with E-state index in [4.69, 9.17) is 21.1 Å². The third-order valence-corrected chi connectivity index (χ3v) is 3.96. The zero-order valence-corrected chi connectivity index (χ0v) is 15.1. The van der Waals surface area contributed by atoms with Crippen molar-refractivity contribution in [1.29, 1.82) is 10.7 Å². The number of hydrogen-bond acceptors (Lipinski definition) is 5. The van der Waals surface area contributed by atoms with Gasteiger partial charge in [0, 0.05) is 0 Å². The molecule has 0 heterocycles. The number of nitriles is 1. The first kappa shape index (κ1) is 18.7. The van der Waals surface area contributed by atoms with Crippen LogP contribution < -0.4 is 15.9 Å². The van der Waals surface area contributed by atoms with Crippen LogP contribution in [0.5, 0.6) is 5.75 Å². The van der Waals surface area contributed by atoms with E-state index < -0.39 is 0 Å². The Kier molecular flexibility index (Phi) is 6.01. The summed E-state index contributed by atoms with van der Waals surface area (Å²) in [7, 11) is 0. The SMILES string of the molecule is N#C/C(=N\Nc1ccc(-c2cccc(OCc3ccccc3)c2)cc1)C(=N)N. The molecule has 0 aliphatic carbocycles. The molecule has 0 amide bonds. The van der Waals surface area contributed by atoms with Crippen molar-refractivity contribution >= 4 is 17.2 Å². The van der Waals surface area contributed by atoms with E-state index in [0.717, 1.165) is 22.4 Å². The predicted octanol–water partition coefficient (Wildman–Crippen LogP) is 4.16. The van der Waals surface area contributed by atoms with E-state index in [9.17, 15) is 0 Å². The molecule has 3 aromatic carbocycles. The summed E-state index contributed by atoms with van der Waals surface area (Å²) in [5.41, 5.74) is 11.7. The minimum atomic E-state index is -0.376. The van der Waals surface area contributed by atoms with Crippen molar-refractivity contribution in [3.8, 4) is 22.9 Å². The second-order valence-electron chi connectivity index (χ2n) is 5.98. The van der Waals surface area contributed by atoms with Crippen molar-refractivity contribution < 1.29 is 4.74 Å². The number of nitrogens with one attached hydrogen (secondary N) is 2. The molecule has 138 valence electrons. The van der Waals surface area contributed by atoms with Gasteiger partial charge in [-0.25, -0.2) is 0 Å². The van der Waals surface area contributed by atoms with Gasteiger partial charge >= 0.3 is 0 Å². The number of anilines is 1. The summed E-state index contributed by atoms with van der Waals surface area (Å²) in [6, 6.07) is 27.2.